The van der Waals surface area contributed by atoms with Crippen LogP contribution in [0, 0.1) is 12.8 Å². The number of carbonyl (C=O) groups is 1. The van der Waals surface area contributed by atoms with Gasteiger partial charge in [0.1, 0.15) is 18.1 Å². The zero-order chi connectivity index (χ0) is 24.2. The fraction of sp³-hybridized carbons (Fsp3) is 0.385. The van der Waals surface area contributed by atoms with Crippen LogP contribution in [0.3, 0.4) is 0 Å². The van der Waals surface area contributed by atoms with E-state index in [4.69, 9.17) is 9.47 Å². The number of nitrogens with zero attached hydrogens (tertiary/aromatic N) is 3. The molecular formula is C26H33N5O3. The lowest BCUT2D eigenvalue weighted by Gasteiger charge is -2.27. The van der Waals surface area contributed by atoms with Crippen molar-refractivity contribution >= 4 is 17.3 Å². The number of benzene rings is 2. The summed E-state index contributed by atoms with van der Waals surface area (Å²) >= 11 is 0. The van der Waals surface area contributed by atoms with Crippen LogP contribution in [-0.2, 0) is 11.2 Å². The molecule has 0 bridgehead atoms. The van der Waals surface area contributed by atoms with Gasteiger partial charge in [0.25, 0.3) is 0 Å². The van der Waals surface area contributed by atoms with Crippen molar-refractivity contribution < 1.29 is 14.3 Å². The molecule has 2 N–H and O–H groups in total. The van der Waals surface area contributed by atoms with Gasteiger partial charge in [-0.05, 0) is 68.9 Å². The molecule has 180 valence electrons. The maximum atomic E-state index is 13.3. The number of anilines is 2. The number of hydrogen-bond donors (Lipinski definition) is 2. The van der Waals surface area contributed by atoms with Crippen molar-refractivity contribution in [2.24, 2.45) is 5.92 Å². The molecule has 1 aliphatic heterocycles. The van der Waals surface area contributed by atoms with E-state index in [2.05, 4.69) is 45.5 Å². The third-order valence-corrected chi connectivity index (χ3v) is 6.24. The van der Waals surface area contributed by atoms with E-state index in [1.54, 1.807) is 7.11 Å². The predicted octanol–water partition coefficient (Wildman–Crippen LogP) is 3.58. The number of H-pyrrole nitrogens is 1. The molecule has 8 nitrogen and oxygen atoms in total. The Hall–Kier alpha value is -3.52. The van der Waals surface area contributed by atoms with Gasteiger partial charge in [0.05, 0.1) is 30.6 Å². The summed E-state index contributed by atoms with van der Waals surface area (Å²) in [6.07, 6.45) is 2.44. The van der Waals surface area contributed by atoms with E-state index in [1.165, 1.54) is 0 Å². The molecule has 3 aromatic rings. The first-order valence-electron chi connectivity index (χ1n) is 11.5. The topological polar surface area (TPSA) is 82.7 Å². The van der Waals surface area contributed by atoms with Crippen LogP contribution >= 0.6 is 0 Å². The smallest absolute Gasteiger partial charge is 0.231 e. The minimum Gasteiger partial charge on any atom is -0.497 e. The van der Waals surface area contributed by atoms with Gasteiger partial charge in [-0.25, -0.2) is 0 Å². The highest BCUT2D eigenvalue weighted by molar-refractivity contribution is 5.97. The van der Waals surface area contributed by atoms with Crippen molar-refractivity contribution in [2.75, 3.05) is 58.2 Å². The lowest BCUT2D eigenvalue weighted by Crippen LogP contribution is -2.33. The van der Waals surface area contributed by atoms with Crippen LogP contribution < -0.4 is 19.7 Å². The average molecular weight is 464 g/mol. The molecule has 2 heterocycles. The molecule has 0 radical (unpaired) electrons. The summed E-state index contributed by atoms with van der Waals surface area (Å²) in [6, 6.07) is 11.8. The first-order chi connectivity index (χ1) is 16.4. The molecule has 34 heavy (non-hydrogen) atoms. The SMILES string of the molecule is COc1ccc2c(c1)C[C@H](C(=O)Nc1ccc(-c3cn[nH]c3C)cc1N(C)CCN(C)C)CO2. The van der Waals surface area contributed by atoms with Gasteiger partial charge < -0.3 is 24.6 Å². The highest BCUT2D eigenvalue weighted by Crippen LogP contribution is 2.34. The molecule has 1 aromatic heterocycles. The number of aromatic amines is 1. The molecule has 0 spiro atoms. The van der Waals surface area contributed by atoms with E-state index in [1.807, 2.05) is 50.5 Å². The van der Waals surface area contributed by atoms with Crippen molar-refractivity contribution in [3.63, 3.8) is 0 Å². The molecule has 4 rings (SSSR count). The van der Waals surface area contributed by atoms with Gasteiger partial charge in [0.2, 0.25) is 5.91 Å². The summed E-state index contributed by atoms with van der Waals surface area (Å²) in [4.78, 5) is 17.6. The Bertz CT molecular complexity index is 1160. The standard InChI is InChI=1S/C26H33N5O3/c1-17-22(15-27-29-17)18-6-8-23(24(14-18)31(4)11-10-30(2)3)28-26(32)20-12-19-13-21(33-5)7-9-25(19)34-16-20/h6-9,13-15,20H,10-12,16H2,1-5H3,(H,27,29)(H,28,32)/t20-/m0/s1. The summed E-state index contributed by atoms with van der Waals surface area (Å²) < 4.78 is 11.2. The first-order valence-corrected chi connectivity index (χ1v) is 11.5. The second kappa shape index (κ2) is 10.2. The van der Waals surface area contributed by atoms with E-state index < -0.39 is 0 Å². The fourth-order valence-corrected chi connectivity index (χ4v) is 4.13. The van der Waals surface area contributed by atoms with Crippen molar-refractivity contribution in [3.8, 4) is 22.6 Å². The summed E-state index contributed by atoms with van der Waals surface area (Å²) in [6.45, 7) is 4.07. The highest BCUT2D eigenvalue weighted by atomic mass is 16.5. The van der Waals surface area contributed by atoms with Crippen molar-refractivity contribution in [1.29, 1.82) is 0 Å². The largest absolute Gasteiger partial charge is 0.497 e. The number of carbonyl (C=O) groups excluding carboxylic acids is 1. The molecule has 0 aliphatic carbocycles. The lowest BCUT2D eigenvalue weighted by molar-refractivity contribution is -0.121. The number of nitrogens with one attached hydrogen (secondary N) is 2. The Morgan fingerprint density at radius 2 is 2.03 bits per heavy atom. The lowest BCUT2D eigenvalue weighted by atomic mass is 9.95. The second-order valence-corrected chi connectivity index (χ2v) is 9.04. The molecule has 0 fully saturated rings. The molecular weight excluding hydrogens is 430 g/mol. The molecule has 2 aromatic carbocycles. The van der Waals surface area contributed by atoms with Gasteiger partial charge >= 0.3 is 0 Å². The van der Waals surface area contributed by atoms with Gasteiger partial charge in [0, 0.05) is 31.4 Å². The van der Waals surface area contributed by atoms with Gasteiger partial charge in [-0.1, -0.05) is 6.07 Å². The average Bonchev–Trinajstić information content (AvgIpc) is 3.27. The van der Waals surface area contributed by atoms with Gasteiger partial charge in [-0.3, -0.25) is 9.89 Å². The number of ether oxygens (including phenoxy) is 2. The Labute approximate surface area is 200 Å². The van der Waals surface area contributed by atoms with Gasteiger partial charge in [-0.15, -0.1) is 0 Å². The van der Waals surface area contributed by atoms with E-state index >= 15 is 0 Å². The number of fused-ring (bicyclic) bond motifs is 1. The third-order valence-electron chi connectivity index (χ3n) is 6.24. The summed E-state index contributed by atoms with van der Waals surface area (Å²) in [5.74, 6) is 1.24. The summed E-state index contributed by atoms with van der Waals surface area (Å²) in [5, 5.41) is 10.3. The molecule has 0 saturated heterocycles. The molecule has 1 atom stereocenters. The monoisotopic (exact) mass is 463 g/mol. The molecule has 0 unspecified atom stereocenters. The van der Waals surface area contributed by atoms with E-state index in [0.717, 1.165) is 58.3 Å². The first kappa shape index (κ1) is 23.6. The Morgan fingerprint density at radius 1 is 1.21 bits per heavy atom. The van der Waals surface area contributed by atoms with Crippen molar-refractivity contribution in [2.45, 2.75) is 13.3 Å². The van der Waals surface area contributed by atoms with Crippen LogP contribution in [0.5, 0.6) is 11.5 Å². The van der Waals surface area contributed by atoms with Crippen LogP contribution in [0.2, 0.25) is 0 Å². The minimum absolute atomic E-state index is 0.0528. The van der Waals surface area contributed by atoms with Gasteiger partial charge in [0.15, 0.2) is 0 Å². The maximum Gasteiger partial charge on any atom is 0.231 e. The van der Waals surface area contributed by atoms with Crippen LogP contribution in [0.15, 0.2) is 42.6 Å². The quantitative estimate of drug-likeness (QED) is 0.531. The Morgan fingerprint density at radius 3 is 2.74 bits per heavy atom. The Kier molecular flexibility index (Phi) is 7.07. The zero-order valence-corrected chi connectivity index (χ0v) is 20.5. The van der Waals surface area contributed by atoms with Gasteiger partial charge in [-0.2, -0.15) is 5.10 Å². The minimum atomic E-state index is -0.282. The highest BCUT2D eigenvalue weighted by Gasteiger charge is 2.27. The van der Waals surface area contributed by atoms with Crippen LogP contribution in [0.25, 0.3) is 11.1 Å². The van der Waals surface area contributed by atoms with Crippen LogP contribution in [0.1, 0.15) is 11.3 Å². The number of hydrogen-bond acceptors (Lipinski definition) is 6. The van der Waals surface area contributed by atoms with E-state index in [0.29, 0.717) is 13.0 Å². The van der Waals surface area contributed by atoms with Crippen LogP contribution in [0.4, 0.5) is 11.4 Å². The maximum absolute atomic E-state index is 13.3. The number of methoxy groups -OCH3 is 1. The number of aryl methyl sites for hydroxylation is 1. The summed E-state index contributed by atoms with van der Waals surface area (Å²) in [7, 11) is 7.79. The molecule has 0 saturated carbocycles. The van der Waals surface area contributed by atoms with Crippen molar-refractivity contribution in [3.05, 3.63) is 53.9 Å². The molecule has 1 amide bonds. The number of rotatable bonds is 8. The predicted molar refractivity (Wildman–Crippen MR) is 135 cm³/mol. The fourth-order valence-electron chi connectivity index (χ4n) is 4.13. The second-order valence-electron chi connectivity index (χ2n) is 9.04. The molecule has 8 heteroatoms. The normalized spacial score (nSPS) is 14.9. The van der Waals surface area contributed by atoms with Crippen LogP contribution in [-0.4, -0.2) is 69.0 Å². The number of aromatic nitrogens is 2. The number of likely N-dealkylation sites (N-methyl/N-ethyl adjacent to an activating group) is 2. The summed E-state index contributed by atoms with van der Waals surface area (Å²) in [5.41, 5.74) is 5.84. The number of amides is 1. The third kappa shape index (κ3) is 5.17. The van der Waals surface area contributed by atoms with Crippen molar-refractivity contribution in [1.82, 2.24) is 15.1 Å². The van der Waals surface area contributed by atoms with E-state index in [-0.39, 0.29) is 11.8 Å². The zero-order valence-electron chi connectivity index (χ0n) is 20.5. The Balaban J connectivity index is 1.57. The molecule has 1 aliphatic rings. The van der Waals surface area contributed by atoms with E-state index in [9.17, 15) is 4.79 Å².